The largest absolute Gasteiger partial charge is 0.310 e. The Balaban J connectivity index is 1.32. The van der Waals surface area contributed by atoms with Crippen LogP contribution in [-0.4, -0.2) is 0 Å². The summed E-state index contributed by atoms with van der Waals surface area (Å²) < 4.78 is 0. The lowest BCUT2D eigenvalue weighted by Gasteiger charge is -2.45. The molecule has 52 heavy (non-hydrogen) atoms. The van der Waals surface area contributed by atoms with E-state index in [9.17, 15) is 0 Å². The summed E-state index contributed by atoms with van der Waals surface area (Å²) in [6.45, 7) is 0. The van der Waals surface area contributed by atoms with Crippen molar-refractivity contribution in [2.24, 2.45) is 0 Å². The van der Waals surface area contributed by atoms with Crippen molar-refractivity contribution in [3.8, 4) is 11.1 Å². The molecule has 1 aliphatic heterocycles. The lowest BCUT2D eigenvalue weighted by molar-refractivity contribution is 0.752. The minimum Gasteiger partial charge on any atom is -0.310 e. The van der Waals surface area contributed by atoms with Crippen LogP contribution in [-0.2, 0) is 5.41 Å². The molecular weight excluding hydrogens is 627 g/mol. The first kappa shape index (κ1) is 30.2. The molecule has 1 spiro atoms. The molecule has 1 heteroatoms. The van der Waals surface area contributed by atoms with E-state index < -0.39 is 5.41 Å². The Morgan fingerprint density at radius 1 is 0.308 bits per heavy atom. The van der Waals surface area contributed by atoms with Gasteiger partial charge in [-0.2, -0.15) is 0 Å². The van der Waals surface area contributed by atoms with Gasteiger partial charge in [-0.25, -0.2) is 0 Å². The SMILES string of the molecule is c1ccc(C(=C(c2ccccc2)c2ccc3c(c2)C2(c4ccccc4-3)c3ccccc3N(c3ccccc3)c3ccccc32)c2ccccc2)cc1. The maximum absolute atomic E-state index is 2.51. The molecule has 0 unspecified atom stereocenters. The summed E-state index contributed by atoms with van der Waals surface area (Å²) in [6, 6.07) is 77.8. The highest BCUT2D eigenvalue weighted by molar-refractivity contribution is 6.05. The van der Waals surface area contributed by atoms with Crippen molar-refractivity contribution in [3.63, 3.8) is 0 Å². The highest BCUT2D eigenvalue weighted by Crippen LogP contribution is 2.63. The molecule has 8 aromatic carbocycles. The third-order valence-electron chi connectivity index (χ3n) is 10.9. The average molecular weight is 662 g/mol. The zero-order valence-corrected chi connectivity index (χ0v) is 28.7. The second-order valence-corrected chi connectivity index (χ2v) is 13.6. The first-order valence-corrected chi connectivity index (χ1v) is 18.0. The van der Waals surface area contributed by atoms with Gasteiger partial charge in [-0.15, -0.1) is 0 Å². The molecule has 0 bridgehead atoms. The van der Waals surface area contributed by atoms with Gasteiger partial charge >= 0.3 is 0 Å². The lowest BCUT2D eigenvalue weighted by Crippen LogP contribution is -2.36. The van der Waals surface area contributed by atoms with Crippen molar-refractivity contribution in [2.75, 3.05) is 4.90 Å². The summed E-state index contributed by atoms with van der Waals surface area (Å²) >= 11 is 0. The number of hydrogen-bond acceptors (Lipinski definition) is 1. The molecule has 0 fully saturated rings. The highest BCUT2D eigenvalue weighted by atomic mass is 15.2. The van der Waals surface area contributed by atoms with E-state index in [1.165, 1.54) is 78.2 Å². The molecule has 244 valence electrons. The van der Waals surface area contributed by atoms with E-state index in [-0.39, 0.29) is 0 Å². The predicted octanol–water partition coefficient (Wildman–Crippen LogP) is 12.8. The van der Waals surface area contributed by atoms with Crippen molar-refractivity contribution in [1.82, 2.24) is 0 Å². The smallest absolute Gasteiger partial charge is 0.0754 e. The van der Waals surface area contributed by atoms with E-state index in [1.807, 2.05) is 0 Å². The molecule has 8 aromatic rings. The number of nitrogens with zero attached hydrogens (tertiary/aromatic N) is 1. The minimum atomic E-state index is -0.526. The van der Waals surface area contributed by atoms with E-state index in [2.05, 4.69) is 217 Å². The second-order valence-electron chi connectivity index (χ2n) is 13.6. The number of para-hydroxylation sites is 3. The van der Waals surface area contributed by atoms with Crippen LogP contribution in [0.25, 0.3) is 22.3 Å². The average Bonchev–Trinajstić information content (AvgIpc) is 3.51. The van der Waals surface area contributed by atoms with Crippen LogP contribution in [0.4, 0.5) is 17.1 Å². The van der Waals surface area contributed by atoms with E-state index in [0.29, 0.717) is 0 Å². The van der Waals surface area contributed by atoms with Crippen molar-refractivity contribution < 1.29 is 0 Å². The Bertz CT molecular complexity index is 2510. The Kier molecular flexibility index (Phi) is 7.11. The van der Waals surface area contributed by atoms with Gasteiger partial charge < -0.3 is 4.90 Å². The first-order chi connectivity index (χ1) is 25.8. The van der Waals surface area contributed by atoms with Crippen LogP contribution >= 0.6 is 0 Å². The molecule has 10 rings (SSSR count). The van der Waals surface area contributed by atoms with Crippen LogP contribution in [0.2, 0.25) is 0 Å². The van der Waals surface area contributed by atoms with Crippen molar-refractivity contribution >= 4 is 28.2 Å². The lowest BCUT2D eigenvalue weighted by atomic mass is 9.64. The Morgan fingerprint density at radius 2 is 0.712 bits per heavy atom. The molecule has 1 aliphatic carbocycles. The van der Waals surface area contributed by atoms with Gasteiger partial charge in [0.2, 0.25) is 0 Å². The molecule has 0 aromatic heterocycles. The number of hydrogen-bond donors (Lipinski definition) is 0. The summed E-state index contributed by atoms with van der Waals surface area (Å²) in [6.07, 6.45) is 0. The minimum absolute atomic E-state index is 0.526. The fraction of sp³-hybridized carbons (Fsp3) is 0.0196. The predicted molar refractivity (Wildman–Crippen MR) is 216 cm³/mol. The molecule has 0 radical (unpaired) electrons. The Labute approximate surface area is 305 Å². The van der Waals surface area contributed by atoms with Crippen LogP contribution in [0.5, 0.6) is 0 Å². The summed E-state index contributed by atoms with van der Waals surface area (Å²) in [5.74, 6) is 0. The molecular formula is C51H35N. The van der Waals surface area contributed by atoms with Gasteiger partial charge in [0.1, 0.15) is 0 Å². The third kappa shape index (κ3) is 4.49. The monoisotopic (exact) mass is 661 g/mol. The molecule has 0 saturated heterocycles. The zero-order valence-electron chi connectivity index (χ0n) is 28.7. The number of anilines is 3. The van der Waals surface area contributed by atoms with Crippen LogP contribution in [0, 0.1) is 0 Å². The van der Waals surface area contributed by atoms with Gasteiger partial charge in [0.25, 0.3) is 0 Å². The second kappa shape index (κ2) is 12.3. The third-order valence-corrected chi connectivity index (χ3v) is 10.9. The first-order valence-electron chi connectivity index (χ1n) is 18.0. The van der Waals surface area contributed by atoms with Crippen molar-refractivity contribution in [3.05, 3.63) is 257 Å². The molecule has 2 aliphatic rings. The normalized spacial score (nSPS) is 13.1. The quantitative estimate of drug-likeness (QED) is 0.166. The molecule has 0 N–H and O–H groups in total. The van der Waals surface area contributed by atoms with Crippen LogP contribution in [0.1, 0.15) is 44.5 Å². The van der Waals surface area contributed by atoms with Crippen molar-refractivity contribution in [1.29, 1.82) is 0 Å². The van der Waals surface area contributed by atoms with Gasteiger partial charge in [0.05, 0.1) is 16.8 Å². The van der Waals surface area contributed by atoms with Gasteiger partial charge in [0, 0.05) is 5.69 Å². The molecule has 0 atom stereocenters. The van der Waals surface area contributed by atoms with Crippen LogP contribution < -0.4 is 4.90 Å². The summed E-state index contributed by atoms with van der Waals surface area (Å²) in [7, 11) is 0. The summed E-state index contributed by atoms with van der Waals surface area (Å²) in [4.78, 5) is 2.44. The fourth-order valence-corrected chi connectivity index (χ4v) is 8.84. The summed E-state index contributed by atoms with van der Waals surface area (Å²) in [5.41, 5.74) is 18.0. The zero-order chi connectivity index (χ0) is 34.5. The van der Waals surface area contributed by atoms with Crippen molar-refractivity contribution in [2.45, 2.75) is 5.41 Å². The maximum Gasteiger partial charge on any atom is 0.0754 e. The van der Waals surface area contributed by atoms with Crippen LogP contribution in [0.3, 0.4) is 0 Å². The molecule has 0 amide bonds. The van der Waals surface area contributed by atoms with E-state index >= 15 is 0 Å². The van der Waals surface area contributed by atoms with Gasteiger partial charge in [-0.3, -0.25) is 0 Å². The van der Waals surface area contributed by atoms with E-state index in [1.54, 1.807) is 0 Å². The molecule has 1 nitrogen and oxygen atoms in total. The van der Waals surface area contributed by atoms with Crippen LogP contribution in [0.15, 0.2) is 212 Å². The van der Waals surface area contributed by atoms with Gasteiger partial charge in [-0.05, 0) is 97.1 Å². The van der Waals surface area contributed by atoms with E-state index in [4.69, 9.17) is 0 Å². The Morgan fingerprint density at radius 3 is 1.25 bits per heavy atom. The fourth-order valence-electron chi connectivity index (χ4n) is 8.84. The molecule has 1 heterocycles. The molecule has 0 saturated carbocycles. The van der Waals surface area contributed by atoms with E-state index in [0.717, 1.165) is 5.69 Å². The number of fused-ring (bicyclic) bond motifs is 9. The topological polar surface area (TPSA) is 3.24 Å². The Hall–Kier alpha value is -6.70. The number of benzene rings is 8. The number of rotatable bonds is 5. The van der Waals surface area contributed by atoms with Gasteiger partial charge in [0.15, 0.2) is 0 Å². The summed E-state index contributed by atoms with van der Waals surface area (Å²) in [5, 5.41) is 0. The maximum atomic E-state index is 2.51. The highest BCUT2D eigenvalue weighted by Gasteiger charge is 2.51. The standard InChI is InChI=1S/C51H35N/c1-5-19-36(20-6-1)49(37-21-7-2-8-22-37)50(38-23-9-3-10-24-38)39-33-34-42-41-27-13-14-28-43(41)51(46(42)35-39)44-29-15-17-31-47(44)52(40-25-11-4-12-26-40)48-32-18-16-30-45(48)51/h1-35H. The van der Waals surface area contributed by atoms with Gasteiger partial charge in [-0.1, -0.05) is 182 Å².